The Morgan fingerprint density at radius 2 is 2.08 bits per heavy atom. The van der Waals surface area contributed by atoms with Crippen LogP contribution in [0.4, 0.5) is 5.95 Å². The van der Waals surface area contributed by atoms with Gasteiger partial charge in [0.15, 0.2) is 0 Å². The van der Waals surface area contributed by atoms with Crippen molar-refractivity contribution in [3.05, 3.63) is 48.0 Å². The van der Waals surface area contributed by atoms with Gasteiger partial charge in [0.2, 0.25) is 5.95 Å². The zero-order valence-corrected chi connectivity index (χ0v) is 14.6. The minimum absolute atomic E-state index is 0.0505. The molecule has 2 aromatic heterocycles. The number of amides is 1. The van der Waals surface area contributed by atoms with Crippen molar-refractivity contribution < 1.29 is 9.90 Å². The highest BCUT2D eigenvalue weighted by molar-refractivity contribution is 5.93. The molecule has 4 rings (SSSR count). The average molecular weight is 353 g/mol. The number of hydrogen-bond donors (Lipinski definition) is 2. The Balaban J connectivity index is 1.37. The topological polar surface area (TPSA) is 91.2 Å². The van der Waals surface area contributed by atoms with Crippen molar-refractivity contribution in [2.75, 3.05) is 18.4 Å². The number of pyridine rings is 1. The Morgan fingerprint density at radius 1 is 1.23 bits per heavy atom. The van der Waals surface area contributed by atoms with E-state index >= 15 is 0 Å². The molecular weight excluding hydrogens is 330 g/mol. The molecule has 1 aliphatic carbocycles. The van der Waals surface area contributed by atoms with E-state index in [1.807, 2.05) is 17.0 Å². The Bertz CT molecular complexity index is 752. The van der Waals surface area contributed by atoms with E-state index in [0.29, 0.717) is 30.5 Å². The third-order valence-electron chi connectivity index (χ3n) is 5.42. The number of rotatable bonds is 4. The first-order valence-corrected chi connectivity index (χ1v) is 9.13. The van der Waals surface area contributed by atoms with Crippen LogP contribution in [0.5, 0.6) is 0 Å². The maximum absolute atomic E-state index is 12.7. The number of fused-ring (bicyclic) bond motifs is 1. The van der Waals surface area contributed by atoms with Gasteiger partial charge in [0.05, 0.1) is 11.7 Å². The number of carbonyl (C=O) groups is 1. The van der Waals surface area contributed by atoms with Crippen LogP contribution in [0.15, 0.2) is 36.9 Å². The SMILES string of the molecule is O=C(c1cnc(NCc2cccnc2)nc1)N1CC2CCC[C@@H](O)[C@H]2C1. The molecule has 7 nitrogen and oxygen atoms in total. The van der Waals surface area contributed by atoms with Crippen LogP contribution in [-0.2, 0) is 6.54 Å². The van der Waals surface area contributed by atoms with Crippen molar-refractivity contribution in [3.63, 3.8) is 0 Å². The molecule has 0 radical (unpaired) electrons. The summed E-state index contributed by atoms with van der Waals surface area (Å²) >= 11 is 0. The number of nitrogens with one attached hydrogen (secondary N) is 1. The van der Waals surface area contributed by atoms with Crippen molar-refractivity contribution in [1.82, 2.24) is 19.9 Å². The molecule has 1 aliphatic heterocycles. The Morgan fingerprint density at radius 3 is 2.81 bits per heavy atom. The maximum Gasteiger partial charge on any atom is 0.257 e. The molecule has 2 aromatic rings. The largest absolute Gasteiger partial charge is 0.393 e. The summed E-state index contributed by atoms with van der Waals surface area (Å²) in [4.78, 5) is 27.1. The highest BCUT2D eigenvalue weighted by atomic mass is 16.3. The van der Waals surface area contributed by atoms with E-state index in [0.717, 1.165) is 31.4 Å². The first-order chi connectivity index (χ1) is 12.7. The minimum Gasteiger partial charge on any atom is -0.393 e. The predicted molar refractivity (Wildman–Crippen MR) is 96.3 cm³/mol. The lowest BCUT2D eigenvalue weighted by atomic mass is 9.80. The maximum atomic E-state index is 12.7. The van der Waals surface area contributed by atoms with Crippen LogP contribution in [0, 0.1) is 11.8 Å². The van der Waals surface area contributed by atoms with Crippen molar-refractivity contribution in [2.24, 2.45) is 11.8 Å². The Kier molecular flexibility index (Phi) is 4.79. The van der Waals surface area contributed by atoms with Gasteiger partial charge in [-0.2, -0.15) is 0 Å². The van der Waals surface area contributed by atoms with Gasteiger partial charge in [-0.15, -0.1) is 0 Å². The van der Waals surface area contributed by atoms with Crippen LogP contribution in [0.25, 0.3) is 0 Å². The second kappa shape index (κ2) is 7.37. The molecule has 1 saturated heterocycles. The average Bonchev–Trinajstić information content (AvgIpc) is 3.13. The second-order valence-electron chi connectivity index (χ2n) is 7.14. The molecule has 2 aliphatic rings. The zero-order chi connectivity index (χ0) is 17.9. The molecule has 0 spiro atoms. The molecule has 0 aromatic carbocycles. The van der Waals surface area contributed by atoms with Crippen LogP contribution in [0.2, 0.25) is 0 Å². The highest BCUT2D eigenvalue weighted by Crippen LogP contribution is 2.36. The van der Waals surface area contributed by atoms with E-state index in [-0.39, 0.29) is 17.9 Å². The van der Waals surface area contributed by atoms with Gasteiger partial charge in [0.1, 0.15) is 0 Å². The number of carbonyl (C=O) groups excluding carboxylic acids is 1. The fraction of sp³-hybridized carbons (Fsp3) is 0.474. The molecular formula is C19H23N5O2. The number of aliphatic hydroxyl groups excluding tert-OH is 1. The van der Waals surface area contributed by atoms with Gasteiger partial charge in [-0.05, 0) is 30.4 Å². The molecule has 136 valence electrons. The number of likely N-dealkylation sites (tertiary alicyclic amines) is 1. The van der Waals surface area contributed by atoms with Crippen molar-refractivity contribution >= 4 is 11.9 Å². The van der Waals surface area contributed by atoms with Gasteiger partial charge in [0, 0.05) is 50.3 Å². The minimum atomic E-state index is -0.276. The molecule has 2 fully saturated rings. The molecule has 1 saturated carbocycles. The monoisotopic (exact) mass is 353 g/mol. The van der Waals surface area contributed by atoms with Gasteiger partial charge in [0.25, 0.3) is 5.91 Å². The summed E-state index contributed by atoms with van der Waals surface area (Å²) in [6, 6.07) is 3.85. The third-order valence-corrected chi connectivity index (χ3v) is 5.42. The molecule has 1 unspecified atom stereocenters. The van der Waals surface area contributed by atoms with Gasteiger partial charge in [-0.3, -0.25) is 9.78 Å². The summed E-state index contributed by atoms with van der Waals surface area (Å²) in [5.74, 6) is 1.07. The summed E-state index contributed by atoms with van der Waals surface area (Å²) in [5, 5.41) is 13.3. The van der Waals surface area contributed by atoms with E-state index in [1.54, 1.807) is 24.8 Å². The number of anilines is 1. The lowest BCUT2D eigenvalue weighted by Crippen LogP contribution is -2.32. The quantitative estimate of drug-likeness (QED) is 0.870. The lowest BCUT2D eigenvalue weighted by molar-refractivity contribution is 0.0539. The summed E-state index contributed by atoms with van der Waals surface area (Å²) in [5.41, 5.74) is 1.53. The van der Waals surface area contributed by atoms with Crippen LogP contribution < -0.4 is 5.32 Å². The standard InChI is InChI=1S/C19H23N5O2/c25-17-5-1-4-14-11-24(12-16(14)17)18(26)15-9-22-19(23-10-15)21-8-13-3-2-6-20-7-13/h2-3,6-7,9-10,14,16-17,25H,1,4-5,8,11-12H2,(H,21,22,23)/t14?,16-,17+/m0/s1. The number of aliphatic hydroxyl groups is 1. The summed E-state index contributed by atoms with van der Waals surface area (Å²) < 4.78 is 0. The highest BCUT2D eigenvalue weighted by Gasteiger charge is 2.41. The van der Waals surface area contributed by atoms with Gasteiger partial charge >= 0.3 is 0 Å². The summed E-state index contributed by atoms with van der Waals surface area (Å²) in [6.45, 7) is 1.93. The second-order valence-corrected chi connectivity index (χ2v) is 7.14. The van der Waals surface area contributed by atoms with Crippen molar-refractivity contribution in [3.8, 4) is 0 Å². The number of aromatic nitrogens is 3. The predicted octanol–water partition coefficient (Wildman–Crippen LogP) is 1.72. The third kappa shape index (κ3) is 3.53. The van der Waals surface area contributed by atoms with E-state index in [1.165, 1.54) is 0 Å². The van der Waals surface area contributed by atoms with E-state index in [2.05, 4.69) is 20.3 Å². The van der Waals surface area contributed by atoms with E-state index < -0.39 is 0 Å². The Labute approximate surface area is 152 Å². The smallest absolute Gasteiger partial charge is 0.257 e. The van der Waals surface area contributed by atoms with E-state index in [4.69, 9.17) is 0 Å². The summed E-state index contributed by atoms with van der Waals surface area (Å²) in [6.07, 6.45) is 9.37. The molecule has 7 heteroatoms. The van der Waals surface area contributed by atoms with E-state index in [9.17, 15) is 9.90 Å². The fourth-order valence-electron chi connectivity index (χ4n) is 4.00. The first kappa shape index (κ1) is 16.9. The van der Waals surface area contributed by atoms with Crippen LogP contribution in [0.1, 0.15) is 35.2 Å². The lowest BCUT2D eigenvalue weighted by Gasteiger charge is -2.28. The molecule has 3 heterocycles. The molecule has 26 heavy (non-hydrogen) atoms. The fourth-order valence-corrected chi connectivity index (χ4v) is 4.00. The normalized spacial score (nSPS) is 25.0. The van der Waals surface area contributed by atoms with Crippen molar-refractivity contribution in [1.29, 1.82) is 0 Å². The van der Waals surface area contributed by atoms with Gasteiger partial charge in [-0.1, -0.05) is 12.5 Å². The van der Waals surface area contributed by atoms with Crippen molar-refractivity contribution in [2.45, 2.75) is 31.9 Å². The molecule has 3 atom stereocenters. The number of hydrogen-bond acceptors (Lipinski definition) is 6. The Hall–Kier alpha value is -2.54. The van der Waals surface area contributed by atoms with Gasteiger partial charge in [-0.25, -0.2) is 9.97 Å². The molecule has 1 amide bonds. The molecule has 2 N–H and O–H groups in total. The summed E-state index contributed by atoms with van der Waals surface area (Å²) in [7, 11) is 0. The van der Waals surface area contributed by atoms with Crippen LogP contribution in [-0.4, -0.2) is 50.1 Å². The van der Waals surface area contributed by atoms with Gasteiger partial charge < -0.3 is 15.3 Å². The molecule has 0 bridgehead atoms. The first-order valence-electron chi connectivity index (χ1n) is 9.13. The van der Waals surface area contributed by atoms with Crippen LogP contribution >= 0.6 is 0 Å². The van der Waals surface area contributed by atoms with Crippen LogP contribution in [0.3, 0.4) is 0 Å². The number of nitrogens with zero attached hydrogens (tertiary/aromatic N) is 4. The zero-order valence-electron chi connectivity index (χ0n) is 14.6.